The molecule has 0 radical (unpaired) electrons. The minimum Gasteiger partial charge on any atom is -0.382 e. The molecule has 0 saturated heterocycles. The van der Waals surface area contributed by atoms with Gasteiger partial charge in [-0.2, -0.15) is 0 Å². The number of nitrogens with two attached hydrogens (primary N) is 3. The van der Waals surface area contributed by atoms with E-state index in [1.807, 2.05) is 16.5 Å². The molecule has 0 saturated carbocycles. The summed E-state index contributed by atoms with van der Waals surface area (Å²) in [4.78, 5) is 3.92. The lowest BCUT2D eigenvalue weighted by Gasteiger charge is -2.13. The van der Waals surface area contributed by atoms with E-state index >= 15 is 0 Å². The number of hydrogen-bond donors (Lipinski definition) is 4. The predicted octanol–water partition coefficient (Wildman–Crippen LogP) is -0.268. The van der Waals surface area contributed by atoms with Gasteiger partial charge in [-0.25, -0.2) is 29.9 Å². The first-order valence-corrected chi connectivity index (χ1v) is 8.33. The summed E-state index contributed by atoms with van der Waals surface area (Å²) in [6.45, 7) is 0. The molecule has 124 valence electrons. The monoisotopic (exact) mass is 345 g/mol. The fourth-order valence-electron chi connectivity index (χ4n) is 2.49. The molecule has 9 nitrogen and oxygen atoms in total. The van der Waals surface area contributed by atoms with Crippen LogP contribution in [0.5, 0.6) is 0 Å². The molecule has 24 heavy (non-hydrogen) atoms. The SMILES string of the molecule is NN/N=C(\N)c1c(-c2ccn3cncc3c2)cccc1S(N)(=O)=O. The van der Waals surface area contributed by atoms with Crippen molar-refractivity contribution in [3.8, 4) is 11.1 Å². The van der Waals surface area contributed by atoms with Crippen molar-refractivity contribution in [2.45, 2.75) is 4.90 Å². The maximum atomic E-state index is 11.9. The molecule has 2 heterocycles. The minimum absolute atomic E-state index is 0.0921. The number of hydrazone groups is 1. The number of imidazole rings is 1. The van der Waals surface area contributed by atoms with Crippen molar-refractivity contribution in [2.24, 2.45) is 21.8 Å². The summed E-state index contributed by atoms with van der Waals surface area (Å²) in [5.74, 6) is 5.07. The molecule has 1 aromatic carbocycles. The Bertz CT molecular complexity index is 1040. The Morgan fingerprint density at radius 1 is 1.29 bits per heavy atom. The van der Waals surface area contributed by atoms with Crippen LogP contribution in [0.3, 0.4) is 0 Å². The van der Waals surface area contributed by atoms with Crippen LogP contribution in [0, 0.1) is 0 Å². The molecule has 3 aromatic rings. The van der Waals surface area contributed by atoms with Crippen molar-refractivity contribution in [1.29, 1.82) is 0 Å². The Kier molecular flexibility index (Phi) is 3.93. The average molecular weight is 345 g/mol. The molecular formula is C14H15N7O2S. The highest BCUT2D eigenvalue weighted by atomic mass is 32.2. The maximum absolute atomic E-state index is 11.9. The molecule has 0 amide bonds. The lowest BCUT2D eigenvalue weighted by atomic mass is 9.99. The van der Waals surface area contributed by atoms with Gasteiger partial charge in [0.2, 0.25) is 10.0 Å². The van der Waals surface area contributed by atoms with Gasteiger partial charge in [-0.3, -0.25) is 0 Å². The Labute approximate surface area is 137 Å². The van der Waals surface area contributed by atoms with Gasteiger partial charge in [-0.1, -0.05) is 12.1 Å². The number of nitrogens with zero attached hydrogens (tertiary/aromatic N) is 3. The zero-order valence-corrected chi connectivity index (χ0v) is 13.2. The van der Waals surface area contributed by atoms with E-state index in [2.05, 4.69) is 15.6 Å². The number of hydrogen-bond acceptors (Lipinski definition) is 6. The Hall–Kier alpha value is -2.95. The van der Waals surface area contributed by atoms with Crippen molar-refractivity contribution in [3.05, 3.63) is 54.6 Å². The molecule has 7 N–H and O–H groups in total. The van der Waals surface area contributed by atoms with Crippen molar-refractivity contribution in [3.63, 3.8) is 0 Å². The number of pyridine rings is 1. The summed E-state index contributed by atoms with van der Waals surface area (Å²) >= 11 is 0. The molecule has 0 atom stereocenters. The van der Waals surface area contributed by atoms with Gasteiger partial charge in [0, 0.05) is 11.8 Å². The smallest absolute Gasteiger partial charge is 0.238 e. The van der Waals surface area contributed by atoms with Gasteiger partial charge in [0.05, 0.1) is 22.9 Å². The quantitative estimate of drug-likeness (QED) is 0.221. The number of rotatable bonds is 4. The van der Waals surface area contributed by atoms with Crippen LogP contribution in [0.4, 0.5) is 0 Å². The third-order valence-corrected chi connectivity index (χ3v) is 4.45. The summed E-state index contributed by atoms with van der Waals surface area (Å²) < 4.78 is 25.7. The van der Waals surface area contributed by atoms with Crippen molar-refractivity contribution in [1.82, 2.24) is 14.9 Å². The Morgan fingerprint density at radius 3 is 2.79 bits per heavy atom. The van der Waals surface area contributed by atoms with Gasteiger partial charge < -0.3 is 10.1 Å². The van der Waals surface area contributed by atoms with E-state index < -0.39 is 10.0 Å². The number of sulfonamides is 1. The number of hydrazine groups is 1. The molecule has 10 heteroatoms. The first kappa shape index (κ1) is 15.9. The lowest BCUT2D eigenvalue weighted by Crippen LogP contribution is -2.26. The van der Waals surface area contributed by atoms with Crippen molar-refractivity contribution < 1.29 is 8.42 Å². The molecule has 3 rings (SSSR count). The zero-order chi connectivity index (χ0) is 17.3. The number of amidine groups is 1. The fraction of sp³-hybridized carbons (Fsp3) is 0. The number of aromatic nitrogens is 2. The molecule has 0 fully saturated rings. The molecule has 0 aliphatic carbocycles. The third kappa shape index (κ3) is 2.80. The van der Waals surface area contributed by atoms with Crippen LogP contribution in [0.2, 0.25) is 0 Å². The highest BCUT2D eigenvalue weighted by Crippen LogP contribution is 2.29. The first-order chi connectivity index (χ1) is 11.4. The van der Waals surface area contributed by atoms with Crippen molar-refractivity contribution in [2.75, 3.05) is 0 Å². The lowest BCUT2D eigenvalue weighted by molar-refractivity contribution is 0.597. The number of benzene rings is 1. The van der Waals surface area contributed by atoms with E-state index in [-0.39, 0.29) is 16.3 Å². The third-order valence-electron chi connectivity index (χ3n) is 3.50. The second-order valence-corrected chi connectivity index (χ2v) is 6.52. The standard InChI is InChI=1S/C14H15N7O2S/c15-14(19-20-16)13-11(2-1-3-12(13)24(17,22)23)9-4-5-21-8-18-7-10(21)6-9/h1-8,20H,16H2,(H2,15,19)(H2,17,22,23). The number of nitrogens with one attached hydrogen (secondary N) is 1. The van der Waals surface area contributed by atoms with Crippen LogP contribution in [-0.2, 0) is 10.0 Å². The van der Waals surface area contributed by atoms with Crippen LogP contribution in [0.15, 0.2) is 59.0 Å². The van der Waals surface area contributed by atoms with E-state index in [4.69, 9.17) is 16.7 Å². The number of fused-ring (bicyclic) bond motifs is 1. The minimum atomic E-state index is -4.01. The predicted molar refractivity (Wildman–Crippen MR) is 90.0 cm³/mol. The Balaban J connectivity index is 2.32. The highest BCUT2D eigenvalue weighted by Gasteiger charge is 2.21. The van der Waals surface area contributed by atoms with Crippen LogP contribution in [0.1, 0.15) is 5.56 Å². The summed E-state index contributed by atoms with van der Waals surface area (Å²) in [5, 5.41) is 9.00. The van der Waals surface area contributed by atoms with Crippen LogP contribution in [-0.4, -0.2) is 23.6 Å². The largest absolute Gasteiger partial charge is 0.382 e. The van der Waals surface area contributed by atoms with Crippen LogP contribution < -0.4 is 22.3 Å². The summed E-state index contributed by atoms with van der Waals surface area (Å²) in [6.07, 6.45) is 5.15. The molecule has 0 unspecified atom stereocenters. The summed E-state index contributed by atoms with van der Waals surface area (Å²) in [5.41, 5.74) is 10.3. The second kappa shape index (κ2) is 5.92. The molecule has 0 aliphatic heterocycles. The number of primary sulfonamides is 1. The van der Waals surface area contributed by atoms with Crippen LogP contribution in [0.25, 0.3) is 16.6 Å². The molecule has 2 aromatic heterocycles. The summed E-state index contributed by atoms with van der Waals surface area (Å²) in [7, 11) is -4.01. The fourth-order valence-corrected chi connectivity index (χ4v) is 3.25. The Morgan fingerprint density at radius 2 is 2.08 bits per heavy atom. The van der Waals surface area contributed by atoms with E-state index in [1.54, 1.807) is 30.9 Å². The maximum Gasteiger partial charge on any atom is 0.238 e. The normalized spacial score (nSPS) is 12.5. The second-order valence-electron chi connectivity index (χ2n) is 4.99. The van der Waals surface area contributed by atoms with Gasteiger partial charge in [0.1, 0.15) is 0 Å². The van der Waals surface area contributed by atoms with Gasteiger partial charge >= 0.3 is 0 Å². The summed E-state index contributed by atoms with van der Waals surface area (Å²) in [6, 6.07) is 8.34. The highest BCUT2D eigenvalue weighted by molar-refractivity contribution is 7.89. The molecule has 0 bridgehead atoms. The van der Waals surface area contributed by atoms with Crippen molar-refractivity contribution >= 4 is 21.4 Å². The van der Waals surface area contributed by atoms with Gasteiger partial charge in [-0.15, -0.1) is 5.10 Å². The topological polar surface area (TPSA) is 154 Å². The zero-order valence-electron chi connectivity index (χ0n) is 12.4. The van der Waals surface area contributed by atoms with Gasteiger partial charge in [0.25, 0.3) is 0 Å². The van der Waals surface area contributed by atoms with Gasteiger partial charge in [-0.05, 0) is 29.3 Å². The molecule has 0 aliphatic rings. The van der Waals surface area contributed by atoms with E-state index in [9.17, 15) is 8.42 Å². The molecule has 0 spiro atoms. The molecular weight excluding hydrogens is 330 g/mol. The average Bonchev–Trinajstić information content (AvgIpc) is 3.01. The van der Waals surface area contributed by atoms with E-state index in [0.717, 1.165) is 11.1 Å². The van der Waals surface area contributed by atoms with Gasteiger partial charge in [0.15, 0.2) is 5.84 Å². The van der Waals surface area contributed by atoms with Crippen LogP contribution >= 0.6 is 0 Å². The first-order valence-electron chi connectivity index (χ1n) is 6.79. The van der Waals surface area contributed by atoms with E-state index in [0.29, 0.717) is 5.56 Å². The van der Waals surface area contributed by atoms with E-state index in [1.165, 1.54) is 6.07 Å².